The number of carbonyl (C=O) groups is 1. The molecule has 2 rings (SSSR count). The fourth-order valence-electron chi connectivity index (χ4n) is 1.37. The van der Waals surface area contributed by atoms with Crippen LogP contribution in [0.2, 0.25) is 0 Å². The maximum absolute atomic E-state index is 10.8. The smallest absolute Gasteiger partial charge is 0.315 e. The van der Waals surface area contributed by atoms with Gasteiger partial charge in [0.15, 0.2) is 0 Å². The summed E-state index contributed by atoms with van der Waals surface area (Å²) in [5.74, 6) is -0.749. The Labute approximate surface area is 69.8 Å². The monoisotopic (exact) mass is 166 g/mol. The lowest BCUT2D eigenvalue weighted by atomic mass is 10.0. The second-order valence-corrected chi connectivity index (χ2v) is 3.26. The summed E-state index contributed by atoms with van der Waals surface area (Å²) in [4.78, 5) is 10.8. The molecule has 0 aliphatic heterocycles. The van der Waals surface area contributed by atoms with E-state index in [-0.39, 0.29) is 0 Å². The van der Waals surface area contributed by atoms with Crippen LogP contribution in [0.5, 0.6) is 0 Å². The minimum atomic E-state index is -0.749. The van der Waals surface area contributed by atoms with Crippen LogP contribution in [0.25, 0.3) is 0 Å². The number of aryl methyl sites for hydroxylation is 1. The molecule has 0 saturated heterocycles. The first kappa shape index (κ1) is 7.34. The van der Waals surface area contributed by atoms with E-state index in [4.69, 9.17) is 5.11 Å². The normalized spacial score (nSPS) is 19.1. The van der Waals surface area contributed by atoms with Crippen molar-refractivity contribution in [1.82, 2.24) is 9.78 Å². The van der Waals surface area contributed by atoms with Gasteiger partial charge in [-0.15, -0.1) is 0 Å². The van der Waals surface area contributed by atoms with Gasteiger partial charge in [0.05, 0.1) is 5.69 Å². The molecule has 1 aliphatic rings. The molecule has 0 unspecified atom stereocenters. The maximum Gasteiger partial charge on any atom is 0.315 e. The van der Waals surface area contributed by atoms with Crippen molar-refractivity contribution in [3.63, 3.8) is 0 Å². The Kier molecular flexibility index (Phi) is 1.28. The van der Waals surface area contributed by atoms with Gasteiger partial charge < -0.3 is 5.11 Å². The van der Waals surface area contributed by atoms with E-state index in [0.29, 0.717) is 5.69 Å². The zero-order chi connectivity index (χ0) is 8.77. The Bertz CT molecular complexity index is 326. The summed E-state index contributed by atoms with van der Waals surface area (Å²) in [7, 11) is 1.79. The van der Waals surface area contributed by atoms with Crippen LogP contribution >= 0.6 is 0 Å². The highest BCUT2D eigenvalue weighted by atomic mass is 16.4. The van der Waals surface area contributed by atoms with E-state index in [1.807, 2.05) is 0 Å². The van der Waals surface area contributed by atoms with Gasteiger partial charge in [0.25, 0.3) is 0 Å². The SMILES string of the molecule is Cn1ccc(C2(C(=O)O)CC2)n1. The third kappa shape index (κ3) is 0.841. The molecule has 1 fully saturated rings. The molecule has 1 heterocycles. The maximum atomic E-state index is 10.8. The summed E-state index contributed by atoms with van der Waals surface area (Å²) in [5.41, 5.74) is 0.0406. The molecule has 0 atom stereocenters. The van der Waals surface area contributed by atoms with Crippen LogP contribution in [0.3, 0.4) is 0 Å². The molecule has 1 aliphatic carbocycles. The van der Waals surface area contributed by atoms with Gasteiger partial charge >= 0.3 is 5.97 Å². The molecule has 0 amide bonds. The van der Waals surface area contributed by atoms with Crippen LogP contribution in [0, 0.1) is 0 Å². The fourth-order valence-corrected chi connectivity index (χ4v) is 1.37. The van der Waals surface area contributed by atoms with Crippen molar-refractivity contribution in [2.75, 3.05) is 0 Å². The minimum absolute atomic E-state index is 0.652. The van der Waals surface area contributed by atoms with Crippen molar-refractivity contribution in [1.29, 1.82) is 0 Å². The van der Waals surface area contributed by atoms with E-state index in [0.717, 1.165) is 12.8 Å². The molecule has 4 heteroatoms. The fraction of sp³-hybridized carbons (Fsp3) is 0.500. The number of nitrogens with zero attached hydrogens (tertiary/aromatic N) is 2. The quantitative estimate of drug-likeness (QED) is 0.697. The Morgan fingerprint density at radius 3 is 2.75 bits per heavy atom. The van der Waals surface area contributed by atoms with Crippen LogP contribution in [0.15, 0.2) is 12.3 Å². The highest BCUT2D eigenvalue weighted by Gasteiger charge is 2.53. The number of hydrogen-bond donors (Lipinski definition) is 1. The molecule has 1 saturated carbocycles. The van der Waals surface area contributed by atoms with Gasteiger partial charge in [0.2, 0.25) is 0 Å². The summed E-state index contributed by atoms with van der Waals surface area (Å²) in [6.07, 6.45) is 3.22. The van der Waals surface area contributed by atoms with Gasteiger partial charge in [-0.05, 0) is 18.9 Å². The average molecular weight is 166 g/mol. The summed E-state index contributed by atoms with van der Waals surface area (Å²) in [6, 6.07) is 1.78. The molecular formula is C8H10N2O2. The van der Waals surface area contributed by atoms with Gasteiger partial charge in [0.1, 0.15) is 5.41 Å². The van der Waals surface area contributed by atoms with E-state index < -0.39 is 11.4 Å². The molecule has 1 aromatic rings. The van der Waals surface area contributed by atoms with Crippen LogP contribution in [-0.4, -0.2) is 20.9 Å². The molecule has 0 spiro atoms. The molecular weight excluding hydrogens is 156 g/mol. The molecule has 64 valence electrons. The highest BCUT2D eigenvalue weighted by Crippen LogP contribution is 2.47. The van der Waals surface area contributed by atoms with Crippen molar-refractivity contribution >= 4 is 5.97 Å². The van der Waals surface area contributed by atoms with E-state index in [2.05, 4.69) is 5.10 Å². The van der Waals surface area contributed by atoms with Crippen molar-refractivity contribution in [2.24, 2.45) is 7.05 Å². The highest BCUT2D eigenvalue weighted by molar-refractivity contribution is 5.84. The van der Waals surface area contributed by atoms with E-state index in [9.17, 15) is 4.79 Å². The first-order valence-corrected chi connectivity index (χ1v) is 3.89. The van der Waals surface area contributed by atoms with E-state index in [1.54, 1.807) is 24.0 Å². The zero-order valence-electron chi connectivity index (χ0n) is 6.82. The van der Waals surface area contributed by atoms with E-state index >= 15 is 0 Å². The van der Waals surface area contributed by atoms with Crippen molar-refractivity contribution < 1.29 is 9.90 Å². The van der Waals surface area contributed by atoms with Gasteiger partial charge in [-0.2, -0.15) is 5.10 Å². The molecule has 1 N–H and O–H groups in total. The predicted octanol–water partition coefficient (Wildman–Crippen LogP) is 0.536. The van der Waals surface area contributed by atoms with Gasteiger partial charge in [0, 0.05) is 13.2 Å². The molecule has 0 bridgehead atoms. The standard InChI is InChI=1S/C8H10N2O2/c1-10-5-2-6(9-10)8(3-4-8)7(11)12/h2,5H,3-4H2,1H3,(H,11,12). The van der Waals surface area contributed by atoms with Gasteiger partial charge in [-0.25, -0.2) is 0 Å². The molecule has 1 aromatic heterocycles. The second kappa shape index (κ2) is 2.09. The lowest BCUT2D eigenvalue weighted by Crippen LogP contribution is -2.20. The first-order valence-electron chi connectivity index (χ1n) is 3.89. The van der Waals surface area contributed by atoms with Crippen LogP contribution < -0.4 is 0 Å². The Balaban J connectivity index is 2.36. The van der Waals surface area contributed by atoms with Crippen LogP contribution in [-0.2, 0) is 17.3 Å². The number of hydrogen-bond acceptors (Lipinski definition) is 2. The predicted molar refractivity (Wildman–Crippen MR) is 41.8 cm³/mol. The van der Waals surface area contributed by atoms with Gasteiger partial charge in [-0.3, -0.25) is 9.48 Å². The minimum Gasteiger partial charge on any atom is -0.481 e. The molecule has 0 radical (unpaired) electrons. The lowest BCUT2D eigenvalue weighted by molar-refractivity contribution is -0.140. The number of carboxylic acid groups (broad SMARTS) is 1. The Morgan fingerprint density at radius 2 is 2.42 bits per heavy atom. The third-order valence-corrected chi connectivity index (χ3v) is 2.36. The molecule has 4 nitrogen and oxygen atoms in total. The third-order valence-electron chi connectivity index (χ3n) is 2.36. The topological polar surface area (TPSA) is 55.1 Å². The lowest BCUT2D eigenvalue weighted by Gasteiger charge is -2.03. The zero-order valence-corrected chi connectivity index (χ0v) is 6.82. The van der Waals surface area contributed by atoms with Crippen LogP contribution in [0.4, 0.5) is 0 Å². The van der Waals surface area contributed by atoms with Crippen molar-refractivity contribution in [3.05, 3.63) is 18.0 Å². The number of aromatic nitrogens is 2. The average Bonchev–Trinajstić information content (AvgIpc) is 2.71. The molecule has 12 heavy (non-hydrogen) atoms. The second-order valence-electron chi connectivity index (χ2n) is 3.26. The Hall–Kier alpha value is -1.32. The van der Waals surface area contributed by atoms with Crippen molar-refractivity contribution in [3.8, 4) is 0 Å². The number of rotatable bonds is 2. The summed E-state index contributed by atoms with van der Waals surface area (Å²) in [6.45, 7) is 0. The van der Waals surface area contributed by atoms with Gasteiger partial charge in [-0.1, -0.05) is 0 Å². The molecule has 0 aromatic carbocycles. The summed E-state index contributed by atoms with van der Waals surface area (Å²) < 4.78 is 1.64. The largest absolute Gasteiger partial charge is 0.481 e. The van der Waals surface area contributed by atoms with E-state index in [1.165, 1.54) is 0 Å². The summed E-state index contributed by atoms with van der Waals surface area (Å²) in [5, 5.41) is 13.0. The summed E-state index contributed by atoms with van der Waals surface area (Å²) >= 11 is 0. The first-order chi connectivity index (χ1) is 5.65. The Morgan fingerprint density at radius 1 is 1.75 bits per heavy atom. The number of carboxylic acids is 1. The number of aliphatic carboxylic acids is 1. The van der Waals surface area contributed by atoms with Crippen molar-refractivity contribution in [2.45, 2.75) is 18.3 Å². The van der Waals surface area contributed by atoms with Crippen LogP contribution in [0.1, 0.15) is 18.5 Å².